The number of nitrogens with one attached hydrogen (secondary N) is 1. The highest BCUT2D eigenvalue weighted by Crippen LogP contribution is 2.22. The fourth-order valence-electron chi connectivity index (χ4n) is 2.94. The second kappa shape index (κ2) is 10.1. The summed E-state index contributed by atoms with van der Waals surface area (Å²) in [5.41, 5.74) is 5.41. The number of carbonyl (C=O) groups is 1. The Morgan fingerprint density at radius 2 is 2.00 bits per heavy atom. The summed E-state index contributed by atoms with van der Waals surface area (Å²) in [5.74, 6) is 1.59. The summed E-state index contributed by atoms with van der Waals surface area (Å²) in [7, 11) is 3.56. The first-order chi connectivity index (χ1) is 15.6. The number of aromatic nitrogens is 2. The van der Waals surface area contributed by atoms with Crippen molar-refractivity contribution in [3.05, 3.63) is 72.0 Å². The fraction of sp³-hybridized carbons (Fsp3) is 0.174. The molecule has 0 unspecified atom stereocenters. The van der Waals surface area contributed by atoms with Crippen molar-refractivity contribution in [2.24, 2.45) is 12.1 Å². The second-order valence-corrected chi connectivity index (χ2v) is 7.76. The lowest BCUT2D eigenvalue weighted by Crippen LogP contribution is -2.19. The lowest BCUT2D eigenvalue weighted by atomic mass is 10.2. The summed E-state index contributed by atoms with van der Waals surface area (Å²) >= 11 is 1.35. The van der Waals surface area contributed by atoms with E-state index in [-0.39, 0.29) is 11.7 Å². The summed E-state index contributed by atoms with van der Waals surface area (Å²) in [6, 6.07) is 18.8. The lowest BCUT2D eigenvalue weighted by Gasteiger charge is -2.04. The van der Waals surface area contributed by atoms with E-state index < -0.39 is 0 Å². The molecule has 1 N–H and O–H groups in total. The molecule has 32 heavy (non-hydrogen) atoms. The number of fused-ring (bicyclic) bond motifs is 1. The molecule has 0 aliphatic rings. The summed E-state index contributed by atoms with van der Waals surface area (Å²) in [5, 5.41) is 4.71. The molecular formula is C23H22N4O4S. The smallest absolute Gasteiger partial charge is 0.285 e. The van der Waals surface area contributed by atoms with E-state index in [1.807, 2.05) is 60.1 Å². The summed E-state index contributed by atoms with van der Waals surface area (Å²) in [6.07, 6.45) is 1.43. The molecule has 0 bridgehead atoms. The monoisotopic (exact) mass is 450 g/mol. The molecule has 4 rings (SSSR count). The van der Waals surface area contributed by atoms with E-state index >= 15 is 0 Å². The predicted molar refractivity (Wildman–Crippen MR) is 123 cm³/mol. The first-order valence-electron chi connectivity index (χ1n) is 9.84. The van der Waals surface area contributed by atoms with Gasteiger partial charge in [-0.25, -0.2) is 10.4 Å². The van der Waals surface area contributed by atoms with E-state index in [1.165, 1.54) is 18.0 Å². The van der Waals surface area contributed by atoms with Crippen LogP contribution in [0.5, 0.6) is 11.7 Å². The van der Waals surface area contributed by atoms with Gasteiger partial charge in [-0.1, -0.05) is 36.0 Å². The molecule has 2 heterocycles. The first-order valence-corrected chi connectivity index (χ1v) is 10.8. The number of rotatable bonds is 9. The molecular weight excluding hydrogens is 428 g/mol. The predicted octanol–water partition coefficient (Wildman–Crippen LogP) is 4.00. The highest BCUT2D eigenvalue weighted by molar-refractivity contribution is 7.99. The topological polar surface area (TPSA) is 90.9 Å². The van der Waals surface area contributed by atoms with Gasteiger partial charge in [0.25, 0.3) is 11.9 Å². The van der Waals surface area contributed by atoms with E-state index in [9.17, 15) is 4.79 Å². The maximum absolute atomic E-state index is 12.1. The van der Waals surface area contributed by atoms with Crippen molar-refractivity contribution >= 4 is 34.9 Å². The Morgan fingerprint density at radius 3 is 2.78 bits per heavy atom. The van der Waals surface area contributed by atoms with Crippen molar-refractivity contribution in [3.8, 4) is 11.7 Å². The number of benzene rings is 2. The minimum atomic E-state index is -0.235. The Balaban J connectivity index is 1.23. The third-order valence-electron chi connectivity index (χ3n) is 4.60. The molecule has 8 nitrogen and oxygen atoms in total. The molecule has 9 heteroatoms. The van der Waals surface area contributed by atoms with E-state index in [0.29, 0.717) is 18.3 Å². The quantitative estimate of drug-likeness (QED) is 0.236. The van der Waals surface area contributed by atoms with Crippen molar-refractivity contribution < 1.29 is 18.7 Å². The Morgan fingerprint density at radius 1 is 1.19 bits per heavy atom. The first kappa shape index (κ1) is 21.5. The van der Waals surface area contributed by atoms with Crippen molar-refractivity contribution in [3.63, 3.8) is 0 Å². The van der Waals surface area contributed by atoms with Crippen LogP contribution < -0.4 is 14.9 Å². The largest absolute Gasteiger partial charge is 0.497 e. The van der Waals surface area contributed by atoms with Crippen molar-refractivity contribution in [1.29, 1.82) is 0 Å². The van der Waals surface area contributed by atoms with Crippen molar-refractivity contribution in [1.82, 2.24) is 15.0 Å². The third-order valence-corrected chi connectivity index (χ3v) is 5.63. The number of imidazole rings is 1. The number of furan rings is 1. The Labute approximate surface area is 189 Å². The minimum absolute atomic E-state index is 0.197. The van der Waals surface area contributed by atoms with Crippen LogP contribution in [0.15, 0.2) is 75.3 Å². The van der Waals surface area contributed by atoms with Crippen LogP contribution in [0.3, 0.4) is 0 Å². The number of carbonyl (C=O) groups excluding carboxylic acids is 1. The Kier molecular flexibility index (Phi) is 6.76. The standard InChI is InChI=1S/C23H22N4O4S/c1-27-20-6-4-3-5-19(20)25-23(27)32-15-21(28)26-24-13-18-11-12-22(31-18)30-14-16-7-9-17(29-2)10-8-16/h3-13H,14-15H2,1-2H3,(H,26,28)/b24-13-. The van der Waals surface area contributed by atoms with Crippen LogP contribution in [-0.4, -0.2) is 34.5 Å². The summed E-state index contributed by atoms with van der Waals surface area (Å²) in [6.45, 7) is 0.365. The highest BCUT2D eigenvalue weighted by atomic mass is 32.2. The maximum Gasteiger partial charge on any atom is 0.285 e. The molecule has 0 radical (unpaired) electrons. The number of ether oxygens (including phenoxy) is 2. The molecule has 2 aromatic carbocycles. The zero-order valence-electron chi connectivity index (χ0n) is 17.6. The molecule has 0 aliphatic carbocycles. The van der Waals surface area contributed by atoms with Crippen molar-refractivity contribution in [2.75, 3.05) is 12.9 Å². The van der Waals surface area contributed by atoms with Gasteiger partial charge in [0, 0.05) is 13.1 Å². The number of methoxy groups -OCH3 is 1. The number of aryl methyl sites for hydroxylation is 1. The average molecular weight is 451 g/mol. The molecule has 4 aromatic rings. The van der Waals surface area contributed by atoms with Gasteiger partial charge < -0.3 is 18.5 Å². The molecule has 0 spiro atoms. The molecule has 164 valence electrons. The maximum atomic E-state index is 12.1. The highest BCUT2D eigenvalue weighted by Gasteiger charge is 2.10. The number of para-hydroxylation sites is 2. The molecule has 1 amide bonds. The third kappa shape index (κ3) is 5.30. The Hall–Kier alpha value is -3.72. The van der Waals surface area contributed by atoms with Gasteiger partial charge in [-0.2, -0.15) is 5.10 Å². The molecule has 0 aliphatic heterocycles. The van der Waals surface area contributed by atoms with E-state index in [0.717, 1.165) is 27.5 Å². The van der Waals surface area contributed by atoms with Crippen molar-refractivity contribution in [2.45, 2.75) is 11.8 Å². The Bertz CT molecular complexity index is 1230. The van der Waals surface area contributed by atoms with Gasteiger partial charge in [-0.15, -0.1) is 0 Å². The molecule has 0 saturated heterocycles. The van der Waals surface area contributed by atoms with Gasteiger partial charge in [-0.3, -0.25) is 4.79 Å². The minimum Gasteiger partial charge on any atom is -0.497 e. The average Bonchev–Trinajstić information content (AvgIpc) is 3.41. The van der Waals surface area contributed by atoms with E-state index in [1.54, 1.807) is 19.2 Å². The molecule has 0 fully saturated rings. The van der Waals surface area contributed by atoms with Crippen LogP contribution in [0, 0.1) is 0 Å². The van der Waals surface area contributed by atoms with Gasteiger partial charge >= 0.3 is 0 Å². The van der Waals surface area contributed by atoms with Crippen LogP contribution in [0.2, 0.25) is 0 Å². The SMILES string of the molecule is COc1ccc(COc2ccc(/C=N\NC(=O)CSc3nc4ccccc4n3C)o2)cc1. The molecule has 2 aromatic heterocycles. The number of amides is 1. The van der Waals surface area contributed by atoms with Crippen LogP contribution >= 0.6 is 11.8 Å². The van der Waals surface area contributed by atoms with Gasteiger partial charge in [0.15, 0.2) is 10.9 Å². The van der Waals surface area contributed by atoms with E-state index in [4.69, 9.17) is 13.9 Å². The second-order valence-electron chi connectivity index (χ2n) is 6.82. The molecule has 0 saturated carbocycles. The lowest BCUT2D eigenvalue weighted by molar-refractivity contribution is -0.118. The van der Waals surface area contributed by atoms with Crippen LogP contribution in [0.4, 0.5) is 0 Å². The number of thioether (sulfide) groups is 1. The summed E-state index contributed by atoms with van der Waals surface area (Å²) < 4.78 is 18.3. The molecule has 0 atom stereocenters. The van der Waals surface area contributed by atoms with Crippen LogP contribution in [0.1, 0.15) is 11.3 Å². The zero-order valence-corrected chi connectivity index (χ0v) is 18.5. The number of hydrogen-bond donors (Lipinski definition) is 1. The van der Waals surface area contributed by atoms with Gasteiger partial charge in [-0.05, 0) is 35.9 Å². The zero-order chi connectivity index (χ0) is 22.3. The van der Waals surface area contributed by atoms with Gasteiger partial charge in [0.05, 0.1) is 30.1 Å². The van der Waals surface area contributed by atoms with E-state index in [2.05, 4.69) is 15.5 Å². The number of hydrazone groups is 1. The van der Waals surface area contributed by atoms with Crippen LogP contribution in [0.25, 0.3) is 11.0 Å². The normalized spacial score (nSPS) is 11.2. The van der Waals surface area contributed by atoms with Gasteiger partial charge in [0.2, 0.25) is 0 Å². The number of hydrogen-bond acceptors (Lipinski definition) is 7. The van der Waals surface area contributed by atoms with Crippen LogP contribution in [-0.2, 0) is 18.4 Å². The van der Waals surface area contributed by atoms with Gasteiger partial charge in [0.1, 0.15) is 12.4 Å². The number of nitrogens with zero attached hydrogens (tertiary/aromatic N) is 3. The summed E-state index contributed by atoms with van der Waals surface area (Å²) in [4.78, 5) is 16.6. The fourth-order valence-corrected chi connectivity index (χ4v) is 3.72.